The van der Waals surface area contributed by atoms with Gasteiger partial charge in [-0.1, -0.05) is 12.1 Å². The van der Waals surface area contributed by atoms with Crippen LogP contribution in [0.3, 0.4) is 0 Å². The number of nitrogens with zero attached hydrogens (tertiary/aromatic N) is 4. The van der Waals surface area contributed by atoms with Gasteiger partial charge in [-0.3, -0.25) is 0 Å². The van der Waals surface area contributed by atoms with Gasteiger partial charge >= 0.3 is 12.1 Å². The maximum absolute atomic E-state index is 12.7. The molecule has 4 rings (SSSR count). The van der Waals surface area contributed by atoms with E-state index in [1.54, 1.807) is 27.7 Å². The number of nitrogens with one attached hydrogen (secondary N) is 1. The monoisotopic (exact) mass is 341 g/mol. The van der Waals surface area contributed by atoms with Gasteiger partial charge in [-0.2, -0.15) is 5.10 Å². The fourth-order valence-corrected chi connectivity index (χ4v) is 3.41. The highest BCUT2D eigenvalue weighted by Gasteiger charge is 2.49. The lowest BCUT2D eigenvalue weighted by atomic mass is 10.0. The molecule has 8 heteroatoms. The number of carbonyl (C=O) groups is 2. The number of para-hydroxylation sites is 2. The molecule has 3 heterocycles. The van der Waals surface area contributed by atoms with Crippen LogP contribution in [0.5, 0.6) is 0 Å². The topological polar surface area (TPSA) is 79.7 Å². The van der Waals surface area contributed by atoms with Crippen molar-refractivity contribution in [1.29, 1.82) is 0 Å². The van der Waals surface area contributed by atoms with Crippen LogP contribution in [0.2, 0.25) is 0 Å². The number of rotatable bonds is 2. The quantitative estimate of drug-likeness (QED) is 0.905. The Morgan fingerprint density at radius 1 is 1.28 bits per heavy atom. The van der Waals surface area contributed by atoms with Crippen molar-refractivity contribution in [3.63, 3.8) is 0 Å². The molecule has 8 nitrogen and oxygen atoms in total. The average Bonchev–Trinajstić information content (AvgIpc) is 3.30. The van der Waals surface area contributed by atoms with Crippen molar-refractivity contribution in [2.45, 2.75) is 12.0 Å². The maximum atomic E-state index is 12.7. The Hall–Kier alpha value is -3.03. The molecule has 1 atom stereocenters. The van der Waals surface area contributed by atoms with Crippen LogP contribution in [0.1, 0.15) is 6.42 Å². The second-order valence-electron chi connectivity index (χ2n) is 6.48. The van der Waals surface area contributed by atoms with Crippen LogP contribution in [-0.4, -0.2) is 64.0 Å². The molecule has 3 amide bonds. The first-order chi connectivity index (χ1) is 12.1. The number of ether oxygens (including phenoxy) is 1. The van der Waals surface area contributed by atoms with E-state index in [9.17, 15) is 9.59 Å². The largest absolute Gasteiger partial charge is 0.439 e. The first-order valence-electron chi connectivity index (χ1n) is 8.15. The van der Waals surface area contributed by atoms with Gasteiger partial charge in [0.2, 0.25) is 0 Å². The highest BCUT2D eigenvalue weighted by atomic mass is 16.6. The summed E-state index contributed by atoms with van der Waals surface area (Å²) in [5.74, 6) is 0. The minimum Gasteiger partial charge on any atom is -0.439 e. The Labute approximate surface area is 145 Å². The molecule has 2 aromatic rings. The number of benzene rings is 1. The van der Waals surface area contributed by atoms with E-state index in [0.29, 0.717) is 31.7 Å². The number of hydrogen-bond donors (Lipinski definition) is 1. The molecule has 0 unspecified atom stereocenters. The Kier molecular flexibility index (Phi) is 3.60. The predicted molar refractivity (Wildman–Crippen MR) is 90.6 cm³/mol. The number of aromatic nitrogens is 2. The van der Waals surface area contributed by atoms with Crippen LogP contribution in [0.15, 0.2) is 42.7 Å². The van der Waals surface area contributed by atoms with Crippen LogP contribution in [0.4, 0.5) is 15.3 Å². The summed E-state index contributed by atoms with van der Waals surface area (Å²) in [5, 5.41) is 7.16. The molecular weight excluding hydrogens is 322 g/mol. The molecule has 2 fully saturated rings. The molecule has 1 aromatic carbocycles. The second kappa shape index (κ2) is 5.80. The van der Waals surface area contributed by atoms with Gasteiger partial charge in [0.15, 0.2) is 5.60 Å². The minimum atomic E-state index is -0.579. The highest BCUT2D eigenvalue weighted by molar-refractivity contribution is 5.92. The smallest absolute Gasteiger partial charge is 0.410 e. The van der Waals surface area contributed by atoms with Crippen LogP contribution in [0.25, 0.3) is 5.69 Å². The standard InChI is InChI=1S/C17H19N5O3/c1-20-11-17(25-16(20)24)7-10-21(12-17)15(23)19-13-5-2-3-6-14(13)22-9-4-8-18-22/h2-6,8-9H,7,10-12H2,1H3,(H,19,23)/t17-/m1/s1. The molecule has 0 saturated carbocycles. The van der Waals surface area contributed by atoms with E-state index in [4.69, 9.17) is 4.74 Å². The van der Waals surface area contributed by atoms with E-state index < -0.39 is 5.60 Å². The first kappa shape index (κ1) is 15.5. The Balaban J connectivity index is 1.48. The molecule has 2 aliphatic rings. The fraction of sp³-hybridized carbons (Fsp3) is 0.353. The third kappa shape index (κ3) is 2.79. The van der Waals surface area contributed by atoms with Crippen LogP contribution in [0, 0.1) is 0 Å². The number of carbonyl (C=O) groups excluding carboxylic acids is 2. The predicted octanol–water partition coefficient (Wildman–Crippen LogP) is 1.93. The van der Waals surface area contributed by atoms with Crippen molar-refractivity contribution < 1.29 is 14.3 Å². The lowest BCUT2D eigenvalue weighted by Crippen LogP contribution is -2.40. The molecule has 1 N–H and O–H groups in total. The van der Waals surface area contributed by atoms with Crippen LogP contribution in [-0.2, 0) is 4.74 Å². The number of likely N-dealkylation sites (N-methyl/N-ethyl adjacent to an activating group) is 1. The fourth-order valence-electron chi connectivity index (χ4n) is 3.41. The Morgan fingerprint density at radius 3 is 2.84 bits per heavy atom. The zero-order valence-corrected chi connectivity index (χ0v) is 13.9. The SMILES string of the molecule is CN1C[C@@]2(CCN(C(=O)Nc3ccccc3-n3cccn3)C2)OC1=O. The van der Waals surface area contributed by atoms with Gasteiger partial charge in [0.1, 0.15) is 0 Å². The van der Waals surface area contributed by atoms with E-state index >= 15 is 0 Å². The Bertz CT molecular complexity index is 806. The average molecular weight is 341 g/mol. The summed E-state index contributed by atoms with van der Waals surface area (Å²) in [7, 11) is 1.71. The molecule has 0 aliphatic carbocycles. The maximum Gasteiger partial charge on any atom is 0.410 e. The molecule has 130 valence electrons. The van der Waals surface area contributed by atoms with E-state index in [0.717, 1.165) is 5.69 Å². The summed E-state index contributed by atoms with van der Waals surface area (Å²) in [6.45, 7) is 1.47. The molecular formula is C17H19N5O3. The van der Waals surface area contributed by atoms with Gasteiger partial charge in [0.05, 0.1) is 24.5 Å². The molecule has 1 aromatic heterocycles. The van der Waals surface area contributed by atoms with Crippen molar-refractivity contribution in [2.75, 3.05) is 32.0 Å². The summed E-state index contributed by atoms with van der Waals surface area (Å²) < 4.78 is 7.19. The van der Waals surface area contributed by atoms with Crippen LogP contribution >= 0.6 is 0 Å². The number of amides is 3. The Morgan fingerprint density at radius 2 is 2.12 bits per heavy atom. The molecule has 25 heavy (non-hydrogen) atoms. The number of hydrogen-bond acceptors (Lipinski definition) is 4. The molecule has 0 radical (unpaired) electrons. The third-order valence-corrected chi connectivity index (χ3v) is 4.64. The summed E-state index contributed by atoms with van der Waals surface area (Å²) in [4.78, 5) is 27.6. The number of likely N-dealkylation sites (tertiary alicyclic amines) is 1. The summed E-state index contributed by atoms with van der Waals surface area (Å²) >= 11 is 0. The molecule has 2 aliphatic heterocycles. The van der Waals surface area contributed by atoms with Gasteiger partial charge in [0, 0.05) is 32.4 Å². The molecule has 1 spiro atoms. The number of anilines is 1. The van der Waals surface area contributed by atoms with Crippen LogP contribution < -0.4 is 5.32 Å². The normalized spacial score (nSPS) is 22.5. The summed E-state index contributed by atoms with van der Waals surface area (Å²) in [5.41, 5.74) is 0.893. The molecule has 0 bridgehead atoms. The van der Waals surface area contributed by atoms with Crippen molar-refractivity contribution >= 4 is 17.8 Å². The second-order valence-corrected chi connectivity index (χ2v) is 6.48. The summed E-state index contributed by atoms with van der Waals surface area (Å²) in [6, 6.07) is 9.11. The van der Waals surface area contributed by atoms with Crippen molar-refractivity contribution in [3.05, 3.63) is 42.7 Å². The van der Waals surface area contributed by atoms with E-state index in [1.165, 1.54) is 0 Å². The van der Waals surface area contributed by atoms with E-state index in [2.05, 4.69) is 10.4 Å². The van der Waals surface area contributed by atoms with E-state index in [-0.39, 0.29) is 12.1 Å². The van der Waals surface area contributed by atoms with Crippen molar-refractivity contribution in [2.24, 2.45) is 0 Å². The van der Waals surface area contributed by atoms with Gasteiger partial charge in [-0.25, -0.2) is 14.3 Å². The zero-order valence-electron chi connectivity index (χ0n) is 13.9. The molecule has 2 saturated heterocycles. The van der Waals surface area contributed by atoms with Gasteiger partial charge < -0.3 is 19.9 Å². The van der Waals surface area contributed by atoms with Crippen molar-refractivity contribution in [3.8, 4) is 5.69 Å². The lowest BCUT2D eigenvalue weighted by molar-refractivity contribution is 0.0663. The third-order valence-electron chi connectivity index (χ3n) is 4.64. The highest BCUT2D eigenvalue weighted by Crippen LogP contribution is 2.32. The minimum absolute atomic E-state index is 0.206. The van der Waals surface area contributed by atoms with E-state index in [1.807, 2.05) is 36.5 Å². The zero-order chi connectivity index (χ0) is 17.4. The number of urea groups is 1. The lowest BCUT2D eigenvalue weighted by Gasteiger charge is -2.22. The van der Waals surface area contributed by atoms with Gasteiger partial charge in [0.25, 0.3) is 0 Å². The van der Waals surface area contributed by atoms with Crippen molar-refractivity contribution in [1.82, 2.24) is 19.6 Å². The first-order valence-corrected chi connectivity index (χ1v) is 8.15. The van der Waals surface area contributed by atoms with Gasteiger partial charge in [-0.15, -0.1) is 0 Å². The summed E-state index contributed by atoms with van der Waals surface area (Å²) in [6.07, 6.45) is 3.83. The van der Waals surface area contributed by atoms with Gasteiger partial charge in [-0.05, 0) is 18.2 Å².